The molecule has 0 aromatic carbocycles. The van der Waals surface area contributed by atoms with Gasteiger partial charge in [0.1, 0.15) is 5.82 Å². The molecule has 2 aliphatic heterocycles. The lowest BCUT2D eigenvalue weighted by molar-refractivity contribution is -0.183. The molecule has 1 saturated carbocycles. The molecular weight excluding hydrogens is 359 g/mol. The Hall–Kier alpha value is -1.77. The topological polar surface area (TPSA) is 68.8 Å². The Labute approximate surface area is 157 Å². The number of urea groups is 1. The highest BCUT2D eigenvalue weighted by atomic mass is 19.4. The predicted octanol–water partition coefficient (Wildman–Crippen LogP) is 2.59. The maximum atomic E-state index is 13.0. The number of halogens is 3. The van der Waals surface area contributed by atoms with Gasteiger partial charge in [-0.15, -0.1) is 0 Å². The lowest BCUT2D eigenvalue weighted by atomic mass is 9.78. The number of amides is 2. The SMILES string of the molecule is CN(C(=O)NC1=CN=C(C2CCCC(C(F)(F)F)C2)CN1)C1CCNCC1. The Kier molecular flexibility index (Phi) is 6.29. The minimum Gasteiger partial charge on any atom is -0.365 e. The van der Waals surface area contributed by atoms with Crippen molar-refractivity contribution in [2.45, 2.75) is 50.7 Å². The molecule has 2 heterocycles. The highest BCUT2D eigenvalue weighted by molar-refractivity contribution is 5.90. The summed E-state index contributed by atoms with van der Waals surface area (Å²) in [5, 5.41) is 9.16. The van der Waals surface area contributed by atoms with E-state index in [1.165, 1.54) is 6.20 Å². The third-order valence-corrected chi connectivity index (χ3v) is 5.85. The molecule has 3 aliphatic rings. The zero-order chi connectivity index (χ0) is 19.4. The van der Waals surface area contributed by atoms with Gasteiger partial charge in [-0.2, -0.15) is 13.2 Å². The molecule has 2 fully saturated rings. The first-order valence-electron chi connectivity index (χ1n) is 9.66. The molecule has 0 aromatic rings. The van der Waals surface area contributed by atoms with Crippen molar-refractivity contribution in [3.8, 4) is 0 Å². The van der Waals surface area contributed by atoms with E-state index in [1.54, 1.807) is 11.9 Å². The van der Waals surface area contributed by atoms with Gasteiger partial charge in [-0.1, -0.05) is 6.42 Å². The molecule has 0 radical (unpaired) electrons. The second-order valence-electron chi connectivity index (χ2n) is 7.64. The predicted molar refractivity (Wildman–Crippen MR) is 97.2 cm³/mol. The summed E-state index contributed by atoms with van der Waals surface area (Å²) in [6, 6.07) is 0.00476. The molecule has 1 aliphatic carbocycles. The summed E-state index contributed by atoms with van der Waals surface area (Å²) in [7, 11) is 1.78. The van der Waals surface area contributed by atoms with E-state index in [1.807, 2.05) is 0 Å². The zero-order valence-electron chi connectivity index (χ0n) is 15.6. The second-order valence-corrected chi connectivity index (χ2v) is 7.64. The summed E-state index contributed by atoms with van der Waals surface area (Å²) >= 11 is 0. The maximum absolute atomic E-state index is 13.0. The van der Waals surface area contributed by atoms with Crippen molar-refractivity contribution in [2.75, 3.05) is 26.7 Å². The van der Waals surface area contributed by atoms with Gasteiger partial charge in [-0.05, 0) is 51.1 Å². The smallest absolute Gasteiger partial charge is 0.365 e. The molecule has 2 atom stereocenters. The normalized spacial score (nSPS) is 27.3. The Morgan fingerprint density at radius 3 is 2.63 bits per heavy atom. The van der Waals surface area contributed by atoms with Crippen molar-refractivity contribution < 1.29 is 18.0 Å². The third-order valence-electron chi connectivity index (χ3n) is 5.85. The van der Waals surface area contributed by atoms with Gasteiger partial charge in [0.2, 0.25) is 0 Å². The van der Waals surface area contributed by atoms with Crippen molar-refractivity contribution in [1.82, 2.24) is 20.9 Å². The van der Waals surface area contributed by atoms with Gasteiger partial charge >= 0.3 is 12.2 Å². The van der Waals surface area contributed by atoms with E-state index in [0.717, 1.165) is 38.1 Å². The number of aliphatic imine (C=N–C) groups is 1. The number of piperidine rings is 1. The van der Waals surface area contributed by atoms with Gasteiger partial charge in [-0.3, -0.25) is 10.3 Å². The van der Waals surface area contributed by atoms with Crippen LogP contribution in [0.2, 0.25) is 0 Å². The average Bonchev–Trinajstić information content (AvgIpc) is 2.68. The van der Waals surface area contributed by atoms with E-state index in [9.17, 15) is 18.0 Å². The molecular formula is C18H28F3N5O. The highest BCUT2D eigenvalue weighted by Crippen LogP contribution is 2.40. The molecule has 0 spiro atoms. The van der Waals surface area contributed by atoms with Crippen LogP contribution in [0.15, 0.2) is 17.0 Å². The number of hydrogen-bond donors (Lipinski definition) is 3. The van der Waals surface area contributed by atoms with Crippen LogP contribution in [0.4, 0.5) is 18.0 Å². The first-order valence-corrected chi connectivity index (χ1v) is 9.66. The molecule has 2 amide bonds. The Bertz CT molecular complexity index is 598. The lowest BCUT2D eigenvalue weighted by Gasteiger charge is -2.33. The highest BCUT2D eigenvalue weighted by Gasteiger charge is 2.43. The standard InChI is InChI=1S/C18H28F3N5O/c1-26(14-5-7-22-8-6-14)17(27)25-16-11-23-15(10-24-16)12-3-2-4-13(9-12)18(19,20)21/h11-14,22,24H,2-10H2,1H3,(H,25,27). The molecule has 2 unspecified atom stereocenters. The maximum Gasteiger partial charge on any atom is 0.391 e. The Balaban J connectivity index is 1.55. The summed E-state index contributed by atoms with van der Waals surface area (Å²) in [4.78, 5) is 18.5. The van der Waals surface area contributed by atoms with Crippen molar-refractivity contribution >= 4 is 11.7 Å². The minimum atomic E-state index is -4.13. The lowest BCUT2D eigenvalue weighted by Crippen LogP contribution is -2.49. The average molecular weight is 387 g/mol. The molecule has 27 heavy (non-hydrogen) atoms. The van der Waals surface area contributed by atoms with Crippen LogP contribution in [0.1, 0.15) is 38.5 Å². The Morgan fingerprint density at radius 1 is 1.26 bits per heavy atom. The summed E-state index contributed by atoms with van der Waals surface area (Å²) < 4.78 is 39.0. The minimum absolute atomic E-state index is 0.109. The van der Waals surface area contributed by atoms with Crippen LogP contribution in [-0.4, -0.2) is 55.5 Å². The van der Waals surface area contributed by atoms with Gasteiger partial charge < -0.3 is 15.5 Å². The number of carbonyl (C=O) groups excluding carboxylic acids is 1. The number of nitrogens with one attached hydrogen (secondary N) is 3. The van der Waals surface area contributed by atoms with E-state index >= 15 is 0 Å². The quantitative estimate of drug-likeness (QED) is 0.697. The fraction of sp³-hybridized carbons (Fsp3) is 0.778. The molecule has 9 heteroatoms. The molecule has 3 N–H and O–H groups in total. The molecule has 3 rings (SSSR count). The number of carbonyl (C=O) groups is 1. The molecule has 1 saturated heterocycles. The summed E-state index contributed by atoms with van der Waals surface area (Å²) in [5.41, 5.74) is 0.744. The largest absolute Gasteiger partial charge is 0.391 e. The summed E-state index contributed by atoms with van der Waals surface area (Å²) in [6.45, 7) is 2.17. The molecule has 0 bridgehead atoms. The van der Waals surface area contributed by atoms with Crippen LogP contribution >= 0.6 is 0 Å². The van der Waals surface area contributed by atoms with Crippen LogP contribution < -0.4 is 16.0 Å². The molecule has 0 aromatic heterocycles. The summed E-state index contributed by atoms with van der Waals surface area (Å²) in [6.07, 6.45) is 0.851. The second kappa shape index (κ2) is 8.50. The summed E-state index contributed by atoms with van der Waals surface area (Å²) in [5.74, 6) is -0.890. The van der Waals surface area contributed by atoms with Crippen LogP contribution in [0.25, 0.3) is 0 Å². The first-order chi connectivity index (χ1) is 12.8. The van der Waals surface area contributed by atoms with E-state index in [0.29, 0.717) is 18.8 Å². The fourth-order valence-corrected chi connectivity index (χ4v) is 4.10. The van der Waals surface area contributed by atoms with E-state index in [2.05, 4.69) is 20.9 Å². The van der Waals surface area contributed by atoms with Crippen LogP contribution in [0, 0.1) is 11.8 Å². The van der Waals surface area contributed by atoms with E-state index in [4.69, 9.17) is 0 Å². The number of nitrogens with zero attached hydrogens (tertiary/aromatic N) is 2. The Morgan fingerprint density at radius 2 is 2.00 bits per heavy atom. The zero-order valence-corrected chi connectivity index (χ0v) is 15.6. The molecule has 6 nitrogen and oxygen atoms in total. The number of alkyl halides is 3. The monoisotopic (exact) mass is 387 g/mol. The van der Waals surface area contributed by atoms with Crippen LogP contribution in [0.3, 0.4) is 0 Å². The third kappa shape index (κ3) is 5.15. The van der Waals surface area contributed by atoms with Crippen molar-refractivity contribution in [3.63, 3.8) is 0 Å². The fourth-order valence-electron chi connectivity index (χ4n) is 4.10. The van der Waals surface area contributed by atoms with Crippen LogP contribution in [-0.2, 0) is 0 Å². The van der Waals surface area contributed by atoms with Gasteiger partial charge in [-0.25, -0.2) is 4.79 Å². The van der Waals surface area contributed by atoms with Gasteiger partial charge in [0, 0.05) is 18.8 Å². The van der Waals surface area contributed by atoms with E-state index in [-0.39, 0.29) is 30.8 Å². The first kappa shape index (κ1) is 20.0. The van der Waals surface area contributed by atoms with Crippen LogP contribution in [0.5, 0.6) is 0 Å². The van der Waals surface area contributed by atoms with Crippen molar-refractivity contribution in [1.29, 1.82) is 0 Å². The van der Waals surface area contributed by atoms with Gasteiger partial charge in [0.25, 0.3) is 0 Å². The van der Waals surface area contributed by atoms with Gasteiger partial charge in [0.05, 0.1) is 18.7 Å². The van der Waals surface area contributed by atoms with Gasteiger partial charge in [0.15, 0.2) is 0 Å². The number of rotatable bonds is 3. The number of hydrogen-bond acceptors (Lipinski definition) is 4. The molecule has 152 valence electrons. The van der Waals surface area contributed by atoms with Crippen molar-refractivity contribution in [3.05, 3.63) is 12.0 Å². The van der Waals surface area contributed by atoms with E-state index < -0.39 is 12.1 Å². The van der Waals surface area contributed by atoms with Crippen molar-refractivity contribution in [2.24, 2.45) is 16.8 Å².